The van der Waals surface area contributed by atoms with E-state index in [-0.39, 0.29) is 0 Å². The van der Waals surface area contributed by atoms with E-state index in [1.807, 2.05) is 0 Å². The minimum atomic E-state index is -0.661. The molecule has 0 aromatic rings. The minimum absolute atomic E-state index is 0.333. The Bertz CT molecular complexity index is 186. The molecule has 1 aliphatic heterocycles. The molecule has 0 amide bonds. The Hall–Kier alpha value is -0.570. The van der Waals surface area contributed by atoms with Crippen LogP contribution in [0.25, 0.3) is 0 Å². The summed E-state index contributed by atoms with van der Waals surface area (Å²) < 4.78 is 1.17. The first-order valence-electron chi connectivity index (χ1n) is 5.68. The summed E-state index contributed by atoms with van der Waals surface area (Å²) in [6.07, 6.45) is 6.29. The largest absolute Gasteiger partial charge is 0.481 e. The first-order valence-corrected chi connectivity index (χ1v) is 5.68. The van der Waals surface area contributed by atoms with Crippen molar-refractivity contribution < 1.29 is 14.4 Å². The lowest BCUT2D eigenvalue weighted by Gasteiger charge is -2.37. The number of nitrogens with zero attached hydrogens (tertiary/aromatic N) is 1. The Morgan fingerprint density at radius 2 is 1.86 bits per heavy atom. The first-order chi connectivity index (χ1) is 6.62. The Kier molecular flexibility index (Phi) is 4.39. The zero-order valence-electron chi connectivity index (χ0n) is 9.17. The Labute approximate surface area is 86.3 Å². The molecule has 3 nitrogen and oxygen atoms in total. The fraction of sp³-hybridized carbons (Fsp3) is 0.909. The molecule has 0 aromatic carbocycles. The normalized spacial score (nSPS) is 20.6. The van der Waals surface area contributed by atoms with Crippen molar-refractivity contribution in [3.05, 3.63) is 0 Å². The van der Waals surface area contributed by atoms with Gasteiger partial charge in [0.2, 0.25) is 0 Å². The second kappa shape index (κ2) is 5.35. The summed E-state index contributed by atoms with van der Waals surface area (Å²) in [5.74, 6) is -0.661. The van der Waals surface area contributed by atoms with Crippen LogP contribution >= 0.6 is 0 Å². The number of piperidine rings is 1. The summed E-state index contributed by atoms with van der Waals surface area (Å²) in [6.45, 7) is 3.73. The molecule has 1 fully saturated rings. The lowest BCUT2D eigenvalue weighted by atomic mass is 10.1. The van der Waals surface area contributed by atoms with Crippen molar-refractivity contribution in [1.82, 2.24) is 0 Å². The molecule has 0 atom stereocenters. The van der Waals surface area contributed by atoms with Gasteiger partial charge in [0.15, 0.2) is 0 Å². The smallest absolute Gasteiger partial charge is 0.303 e. The third-order valence-electron chi connectivity index (χ3n) is 3.23. The van der Waals surface area contributed by atoms with Crippen molar-refractivity contribution in [2.75, 3.05) is 26.7 Å². The third-order valence-corrected chi connectivity index (χ3v) is 3.23. The zero-order chi connectivity index (χ0) is 10.4. The van der Waals surface area contributed by atoms with Crippen molar-refractivity contribution in [3.63, 3.8) is 0 Å². The summed E-state index contributed by atoms with van der Waals surface area (Å²) in [4.78, 5) is 10.3. The molecule has 0 saturated carbocycles. The molecule has 14 heavy (non-hydrogen) atoms. The molecule has 0 aliphatic carbocycles. The topological polar surface area (TPSA) is 37.3 Å². The van der Waals surface area contributed by atoms with Gasteiger partial charge in [0.1, 0.15) is 0 Å². The zero-order valence-corrected chi connectivity index (χ0v) is 9.17. The fourth-order valence-electron chi connectivity index (χ4n) is 2.27. The predicted octanol–water partition coefficient (Wildman–Crippen LogP) is 1.87. The molecule has 3 heteroatoms. The molecule has 1 heterocycles. The van der Waals surface area contributed by atoms with Crippen molar-refractivity contribution in [2.24, 2.45) is 0 Å². The van der Waals surface area contributed by atoms with Gasteiger partial charge in [-0.15, -0.1) is 0 Å². The number of hydrogen-bond donors (Lipinski definition) is 1. The van der Waals surface area contributed by atoms with E-state index in [1.165, 1.54) is 36.8 Å². The van der Waals surface area contributed by atoms with Crippen LogP contribution in [0.5, 0.6) is 0 Å². The van der Waals surface area contributed by atoms with Crippen LogP contribution in [0.1, 0.15) is 38.5 Å². The van der Waals surface area contributed by atoms with E-state index in [0.717, 1.165) is 19.4 Å². The number of rotatable bonds is 5. The maximum atomic E-state index is 10.3. The number of likely N-dealkylation sites (tertiary alicyclic amines) is 1. The van der Waals surface area contributed by atoms with Gasteiger partial charge in [0.05, 0.1) is 26.7 Å². The number of carboxylic acids is 1. The minimum Gasteiger partial charge on any atom is -0.481 e. The lowest BCUT2D eigenvalue weighted by Crippen LogP contribution is -2.48. The molecular formula is C11H22NO2+. The summed E-state index contributed by atoms with van der Waals surface area (Å²) >= 11 is 0. The first kappa shape index (κ1) is 11.5. The maximum absolute atomic E-state index is 10.3. The van der Waals surface area contributed by atoms with Crippen LogP contribution in [0, 0.1) is 0 Å². The fourth-order valence-corrected chi connectivity index (χ4v) is 2.27. The van der Waals surface area contributed by atoms with Crippen LogP contribution in [-0.4, -0.2) is 42.2 Å². The highest BCUT2D eigenvalue weighted by atomic mass is 16.4. The molecule has 1 saturated heterocycles. The van der Waals surface area contributed by atoms with Crippen molar-refractivity contribution in [3.8, 4) is 0 Å². The quantitative estimate of drug-likeness (QED) is 0.543. The molecule has 1 aliphatic rings. The van der Waals surface area contributed by atoms with Crippen LogP contribution in [0.2, 0.25) is 0 Å². The summed E-state index contributed by atoms with van der Waals surface area (Å²) in [5.41, 5.74) is 0. The predicted molar refractivity (Wildman–Crippen MR) is 56.1 cm³/mol. The maximum Gasteiger partial charge on any atom is 0.303 e. The van der Waals surface area contributed by atoms with Crippen molar-refractivity contribution in [2.45, 2.75) is 38.5 Å². The van der Waals surface area contributed by atoms with E-state index in [0.29, 0.717) is 6.42 Å². The van der Waals surface area contributed by atoms with Gasteiger partial charge in [-0.2, -0.15) is 0 Å². The Balaban J connectivity index is 2.12. The van der Waals surface area contributed by atoms with Crippen molar-refractivity contribution >= 4 is 5.97 Å². The molecule has 1 rings (SSSR count). The SMILES string of the molecule is C[N+]1(CCCCC(=O)O)CCCCC1. The second-order valence-corrected chi connectivity index (χ2v) is 4.70. The molecule has 0 bridgehead atoms. The number of carbonyl (C=O) groups is 1. The summed E-state index contributed by atoms with van der Waals surface area (Å²) in [6, 6.07) is 0. The lowest BCUT2D eigenvalue weighted by molar-refractivity contribution is -0.914. The standard InChI is InChI=1S/C11H21NO2/c1-12(8-4-2-5-9-12)10-6-3-7-11(13)14/h2-10H2,1H3/p+1. The van der Waals surface area contributed by atoms with E-state index in [2.05, 4.69) is 7.05 Å². The van der Waals surface area contributed by atoms with Gasteiger partial charge < -0.3 is 9.59 Å². The molecule has 0 spiro atoms. The van der Waals surface area contributed by atoms with Crippen LogP contribution in [0.3, 0.4) is 0 Å². The summed E-state index contributed by atoms with van der Waals surface area (Å²) in [7, 11) is 2.31. The van der Waals surface area contributed by atoms with E-state index < -0.39 is 5.97 Å². The molecule has 0 unspecified atom stereocenters. The van der Waals surface area contributed by atoms with Gasteiger partial charge in [-0.05, 0) is 32.1 Å². The third kappa shape index (κ3) is 4.09. The number of unbranched alkanes of at least 4 members (excludes halogenated alkanes) is 1. The highest BCUT2D eigenvalue weighted by Crippen LogP contribution is 2.17. The van der Waals surface area contributed by atoms with Gasteiger partial charge in [-0.25, -0.2) is 0 Å². The van der Waals surface area contributed by atoms with Crippen LogP contribution < -0.4 is 0 Å². The molecular weight excluding hydrogens is 178 g/mol. The summed E-state index contributed by atoms with van der Waals surface area (Å²) in [5, 5.41) is 8.51. The number of hydrogen-bond acceptors (Lipinski definition) is 1. The average Bonchev–Trinajstić information content (AvgIpc) is 2.14. The average molecular weight is 200 g/mol. The van der Waals surface area contributed by atoms with Gasteiger partial charge in [0.25, 0.3) is 0 Å². The van der Waals surface area contributed by atoms with Gasteiger partial charge in [-0.1, -0.05) is 0 Å². The van der Waals surface area contributed by atoms with Gasteiger partial charge in [0, 0.05) is 6.42 Å². The second-order valence-electron chi connectivity index (χ2n) is 4.70. The monoisotopic (exact) mass is 200 g/mol. The van der Waals surface area contributed by atoms with E-state index in [4.69, 9.17) is 5.11 Å². The Morgan fingerprint density at radius 3 is 2.43 bits per heavy atom. The molecule has 82 valence electrons. The van der Waals surface area contributed by atoms with Crippen LogP contribution in [-0.2, 0) is 4.79 Å². The van der Waals surface area contributed by atoms with Gasteiger partial charge in [-0.3, -0.25) is 4.79 Å². The van der Waals surface area contributed by atoms with Crippen LogP contribution in [0.4, 0.5) is 0 Å². The van der Waals surface area contributed by atoms with E-state index >= 15 is 0 Å². The highest BCUT2D eigenvalue weighted by molar-refractivity contribution is 5.66. The van der Waals surface area contributed by atoms with E-state index in [1.54, 1.807) is 0 Å². The van der Waals surface area contributed by atoms with Crippen LogP contribution in [0.15, 0.2) is 0 Å². The number of carboxylic acid groups (broad SMARTS) is 1. The Morgan fingerprint density at radius 1 is 1.21 bits per heavy atom. The molecule has 1 N–H and O–H groups in total. The van der Waals surface area contributed by atoms with E-state index in [9.17, 15) is 4.79 Å². The van der Waals surface area contributed by atoms with Gasteiger partial charge >= 0.3 is 5.97 Å². The number of quaternary nitrogens is 1. The highest BCUT2D eigenvalue weighted by Gasteiger charge is 2.23. The number of aliphatic carboxylic acids is 1. The molecule has 0 radical (unpaired) electrons. The van der Waals surface area contributed by atoms with Crippen molar-refractivity contribution in [1.29, 1.82) is 0 Å². The molecule has 0 aromatic heterocycles.